The summed E-state index contributed by atoms with van der Waals surface area (Å²) in [5, 5.41) is 3.54. The number of thiophene rings is 1. The van der Waals surface area contributed by atoms with Gasteiger partial charge in [0.05, 0.1) is 11.4 Å². The number of nitrogen functional groups attached to an aromatic ring is 1. The van der Waals surface area contributed by atoms with E-state index in [1.54, 1.807) is 12.1 Å². The molecule has 0 fully saturated rings. The first-order valence-corrected chi connectivity index (χ1v) is 9.70. The van der Waals surface area contributed by atoms with E-state index in [1.807, 2.05) is 0 Å². The molecule has 134 valence electrons. The van der Waals surface area contributed by atoms with Crippen molar-refractivity contribution in [3.8, 4) is 0 Å². The van der Waals surface area contributed by atoms with Crippen molar-refractivity contribution >= 4 is 38.8 Å². The van der Waals surface area contributed by atoms with Crippen molar-refractivity contribution in [2.75, 3.05) is 11.1 Å². The molecule has 0 aliphatic heterocycles. The van der Waals surface area contributed by atoms with E-state index in [2.05, 4.69) is 12.2 Å². The molecule has 1 amide bonds. The third-order valence-electron chi connectivity index (χ3n) is 4.94. The summed E-state index contributed by atoms with van der Waals surface area (Å²) in [7, 11) is 0. The van der Waals surface area contributed by atoms with Crippen LogP contribution in [-0.2, 0) is 19.3 Å². The van der Waals surface area contributed by atoms with Crippen LogP contribution in [-0.4, -0.2) is 10.9 Å². The highest BCUT2D eigenvalue weighted by Crippen LogP contribution is 2.40. The summed E-state index contributed by atoms with van der Waals surface area (Å²) in [5.74, 6) is -0.859. The number of anilines is 2. The van der Waals surface area contributed by atoms with Gasteiger partial charge in [-0.2, -0.15) is 0 Å². The number of aromatic nitrogens is 1. The number of amides is 1. The lowest BCUT2D eigenvalue weighted by molar-refractivity contribution is 0.103. The molecule has 3 N–H and O–H groups in total. The van der Waals surface area contributed by atoms with Crippen LogP contribution in [0.4, 0.5) is 15.8 Å². The lowest BCUT2D eigenvalue weighted by Crippen LogP contribution is -2.13. The van der Waals surface area contributed by atoms with Gasteiger partial charge in [-0.1, -0.05) is 19.1 Å². The summed E-state index contributed by atoms with van der Waals surface area (Å²) in [5.41, 5.74) is 10.6. The Bertz CT molecular complexity index is 1010. The van der Waals surface area contributed by atoms with Gasteiger partial charge in [0.2, 0.25) is 0 Å². The number of para-hydroxylation sites is 1. The minimum atomic E-state index is -0.468. The molecule has 0 saturated carbocycles. The van der Waals surface area contributed by atoms with E-state index < -0.39 is 11.7 Å². The van der Waals surface area contributed by atoms with Crippen molar-refractivity contribution in [2.24, 2.45) is 0 Å². The minimum absolute atomic E-state index is 0.151. The van der Waals surface area contributed by atoms with E-state index in [4.69, 9.17) is 10.7 Å². The van der Waals surface area contributed by atoms with E-state index in [0.717, 1.165) is 48.0 Å². The number of carbonyl (C=O) groups is 1. The smallest absolute Gasteiger partial charge is 0.268 e. The third-order valence-corrected chi connectivity index (χ3v) is 6.04. The Kier molecular flexibility index (Phi) is 4.36. The summed E-state index contributed by atoms with van der Waals surface area (Å²) in [6.45, 7) is 2.10. The fraction of sp³-hybridized carbons (Fsp3) is 0.300. The molecule has 0 spiro atoms. The van der Waals surface area contributed by atoms with Crippen LogP contribution < -0.4 is 11.1 Å². The Morgan fingerprint density at radius 3 is 2.73 bits per heavy atom. The Balaban J connectivity index is 1.80. The predicted octanol–water partition coefficient (Wildman–Crippen LogP) is 4.71. The first-order chi connectivity index (χ1) is 12.6. The number of rotatable bonds is 3. The maximum absolute atomic E-state index is 13.8. The van der Waals surface area contributed by atoms with Crippen LogP contribution in [0, 0.1) is 5.82 Å². The van der Waals surface area contributed by atoms with Gasteiger partial charge in [0.1, 0.15) is 15.5 Å². The van der Waals surface area contributed by atoms with Gasteiger partial charge in [-0.25, -0.2) is 9.37 Å². The van der Waals surface area contributed by atoms with Crippen LogP contribution in [0.25, 0.3) is 10.2 Å². The average Bonchev–Trinajstić information content (AvgIpc) is 2.99. The first-order valence-electron chi connectivity index (χ1n) is 8.88. The Morgan fingerprint density at radius 2 is 2.00 bits per heavy atom. The SMILES string of the molecule is CCc1nc2sc(C(=O)Nc3ccccc3F)c(N)c2c2c1CCCC2. The average molecular weight is 369 g/mol. The molecule has 1 aliphatic rings. The monoisotopic (exact) mass is 369 g/mol. The number of nitrogens with zero attached hydrogens (tertiary/aromatic N) is 1. The molecular formula is C20H20FN3OS. The van der Waals surface area contributed by atoms with Gasteiger partial charge in [0.15, 0.2) is 0 Å². The second kappa shape index (κ2) is 6.68. The normalized spacial score (nSPS) is 13.6. The summed E-state index contributed by atoms with van der Waals surface area (Å²) >= 11 is 1.29. The fourth-order valence-corrected chi connectivity index (χ4v) is 4.73. The summed E-state index contributed by atoms with van der Waals surface area (Å²) in [6.07, 6.45) is 5.15. The van der Waals surface area contributed by atoms with Crippen LogP contribution in [0.2, 0.25) is 0 Å². The molecule has 0 unspecified atom stereocenters. The number of nitrogens with two attached hydrogens (primary N) is 1. The lowest BCUT2D eigenvalue weighted by Gasteiger charge is -2.19. The van der Waals surface area contributed by atoms with Crippen LogP contribution in [0.5, 0.6) is 0 Å². The second-order valence-electron chi connectivity index (χ2n) is 6.54. The van der Waals surface area contributed by atoms with Crippen LogP contribution >= 0.6 is 11.3 Å². The highest BCUT2D eigenvalue weighted by molar-refractivity contribution is 7.21. The van der Waals surface area contributed by atoms with Gasteiger partial charge in [0.25, 0.3) is 5.91 Å². The number of hydrogen-bond donors (Lipinski definition) is 2. The standard InChI is InChI=1S/C20H20FN3OS/c1-2-14-11-7-3-4-8-12(11)16-17(22)18(26-20(16)24-14)19(25)23-15-10-6-5-9-13(15)21/h5-6,9-10H,2-4,7-8,22H2,1H3,(H,23,25). The Hall–Kier alpha value is -2.47. The Morgan fingerprint density at radius 1 is 1.27 bits per heavy atom. The van der Waals surface area contributed by atoms with Crippen LogP contribution in [0.15, 0.2) is 24.3 Å². The van der Waals surface area contributed by atoms with E-state index in [-0.39, 0.29) is 5.69 Å². The van der Waals surface area contributed by atoms with Gasteiger partial charge in [0, 0.05) is 11.1 Å². The zero-order valence-electron chi connectivity index (χ0n) is 14.6. The molecule has 4 nitrogen and oxygen atoms in total. The largest absolute Gasteiger partial charge is 0.397 e. The highest BCUT2D eigenvalue weighted by atomic mass is 32.1. The summed E-state index contributed by atoms with van der Waals surface area (Å²) in [4.78, 5) is 18.7. The molecular weight excluding hydrogens is 349 g/mol. The lowest BCUT2D eigenvalue weighted by atomic mass is 9.88. The quantitative estimate of drug-likeness (QED) is 0.702. The van der Waals surface area contributed by atoms with Crippen molar-refractivity contribution < 1.29 is 9.18 Å². The molecule has 0 atom stereocenters. The predicted molar refractivity (Wildman–Crippen MR) is 104 cm³/mol. The van der Waals surface area contributed by atoms with E-state index >= 15 is 0 Å². The second-order valence-corrected chi connectivity index (χ2v) is 7.53. The molecule has 4 rings (SSSR count). The van der Waals surface area contributed by atoms with Crippen LogP contribution in [0.1, 0.15) is 46.3 Å². The number of hydrogen-bond acceptors (Lipinski definition) is 4. The molecule has 0 radical (unpaired) electrons. The fourth-order valence-electron chi connectivity index (χ4n) is 3.69. The number of carbonyl (C=O) groups excluding carboxylic acids is 1. The van der Waals surface area contributed by atoms with Crippen molar-refractivity contribution in [3.05, 3.63) is 51.8 Å². The summed E-state index contributed by atoms with van der Waals surface area (Å²) < 4.78 is 13.8. The van der Waals surface area contributed by atoms with Crippen molar-refractivity contribution in [1.82, 2.24) is 4.98 Å². The number of aryl methyl sites for hydroxylation is 2. The maximum Gasteiger partial charge on any atom is 0.268 e. The minimum Gasteiger partial charge on any atom is -0.397 e. The molecule has 2 aromatic heterocycles. The van der Waals surface area contributed by atoms with Crippen LogP contribution in [0.3, 0.4) is 0 Å². The molecule has 0 saturated heterocycles. The molecule has 26 heavy (non-hydrogen) atoms. The molecule has 2 heterocycles. The number of nitrogens with one attached hydrogen (secondary N) is 1. The van der Waals surface area contributed by atoms with E-state index in [9.17, 15) is 9.18 Å². The number of benzene rings is 1. The van der Waals surface area contributed by atoms with Gasteiger partial charge >= 0.3 is 0 Å². The first kappa shape index (κ1) is 17.0. The molecule has 0 bridgehead atoms. The number of fused-ring (bicyclic) bond motifs is 3. The van der Waals surface area contributed by atoms with Gasteiger partial charge < -0.3 is 11.1 Å². The maximum atomic E-state index is 13.8. The molecule has 1 aliphatic carbocycles. The molecule has 3 aromatic rings. The zero-order chi connectivity index (χ0) is 18.3. The van der Waals surface area contributed by atoms with E-state index in [1.165, 1.54) is 34.6 Å². The van der Waals surface area contributed by atoms with Gasteiger partial charge in [-0.05, 0) is 55.4 Å². The summed E-state index contributed by atoms with van der Waals surface area (Å²) in [6, 6.07) is 6.11. The Labute approximate surface area is 155 Å². The van der Waals surface area contributed by atoms with Crippen molar-refractivity contribution in [1.29, 1.82) is 0 Å². The zero-order valence-corrected chi connectivity index (χ0v) is 15.4. The van der Waals surface area contributed by atoms with Gasteiger partial charge in [-0.15, -0.1) is 11.3 Å². The third kappa shape index (κ3) is 2.74. The van der Waals surface area contributed by atoms with Crippen molar-refractivity contribution in [3.63, 3.8) is 0 Å². The van der Waals surface area contributed by atoms with E-state index in [0.29, 0.717) is 10.6 Å². The molecule has 1 aromatic carbocycles. The topological polar surface area (TPSA) is 68.0 Å². The highest BCUT2D eigenvalue weighted by Gasteiger charge is 2.25. The van der Waals surface area contributed by atoms with Gasteiger partial charge in [-0.3, -0.25) is 4.79 Å². The number of pyridine rings is 1. The number of halogens is 1. The molecule has 6 heteroatoms. The van der Waals surface area contributed by atoms with Crippen molar-refractivity contribution in [2.45, 2.75) is 39.0 Å².